The highest BCUT2D eigenvalue weighted by Gasteiger charge is 2.13. The van der Waals surface area contributed by atoms with Gasteiger partial charge in [-0.05, 0) is 67.6 Å². The van der Waals surface area contributed by atoms with Crippen molar-refractivity contribution in [2.75, 3.05) is 13.2 Å². The van der Waals surface area contributed by atoms with Gasteiger partial charge < -0.3 is 14.8 Å². The summed E-state index contributed by atoms with van der Waals surface area (Å²) in [6.45, 7) is 2.06. The molecule has 0 spiro atoms. The number of carbonyl (C=O) groups is 3. The van der Waals surface area contributed by atoms with Gasteiger partial charge in [-0.1, -0.05) is 39.1 Å². The van der Waals surface area contributed by atoms with Crippen molar-refractivity contribution < 1.29 is 23.9 Å². The summed E-state index contributed by atoms with van der Waals surface area (Å²) >= 11 is 15.1. The number of amides is 2. The molecule has 0 aliphatic rings. The van der Waals surface area contributed by atoms with Crippen molar-refractivity contribution in [2.24, 2.45) is 5.10 Å². The summed E-state index contributed by atoms with van der Waals surface area (Å²) < 4.78 is 11.6. The molecule has 0 aliphatic carbocycles. The molecular formula is C25H20BrCl2N3O5. The second-order valence-electron chi connectivity index (χ2n) is 7.13. The highest BCUT2D eigenvalue weighted by molar-refractivity contribution is 9.10. The Bertz CT molecular complexity index is 1300. The van der Waals surface area contributed by atoms with Crippen LogP contribution in [0.1, 0.15) is 33.2 Å². The number of hydrogen-bond acceptors (Lipinski definition) is 6. The van der Waals surface area contributed by atoms with E-state index in [0.717, 1.165) is 0 Å². The molecule has 2 amide bonds. The molecule has 0 saturated heterocycles. The van der Waals surface area contributed by atoms with Gasteiger partial charge in [0, 0.05) is 15.6 Å². The van der Waals surface area contributed by atoms with Gasteiger partial charge in [0.15, 0.2) is 0 Å². The summed E-state index contributed by atoms with van der Waals surface area (Å²) in [7, 11) is 0. The zero-order valence-electron chi connectivity index (χ0n) is 18.9. The number of nitrogens with one attached hydrogen (secondary N) is 2. The maximum absolute atomic E-state index is 12.6. The number of ether oxygens (including phenoxy) is 2. The molecule has 0 radical (unpaired) electrons. The molecule has 0 aliphatic heterocycles. The van der Waals surface area contributed by atoms with Gasteiger partial charge in [-0.3, -0.25) is 9.59 Å². The maximum Gasteiger partial charge on any atom is 0.343 e. The quantitative estimate of drug-likeness (QED) is 0.153. The van der Waals surface area contributed by atoms with E-state index < -0.39 is 17.8 Å². The summed E-state index contributed by atoms with van der Waals surface area (Å²) in [5.41, 5.74) is 3.34. The van der Waals surface area contributed by atoms with Gasteiger partial charge in [0.25, 0.3) is 11.8 Å². The van der Waals surface area contributed by atoms with Crippen LogP contribution >= 0.6 is 39.1 Å². The van der Waals surface area contributed by atoms with E-state index in [1.54, 1.807) is 42.5 Å². The van der Waals surface area contributed by atoms with Crippen molar-refractivity contribution in [1.29, 1.82) is 0 Å². The third kappa shape index (κ3) is 7.81. The second kappa shape index (κ2) is 13.1. The summed E-state index contributed by atoms with van der Waals surface area (Å²) in [6, 6.07) is 15.9. The molecule has 3 aromatic carbocycles. The number of carbonyl (C=O) groups excluding carboxylic acids is 3. The molecule has 0 aromatic heterocycles. The largest absolute Gasteiger partial charge is 0.494 e. The number of benzene rings is 3. The Balaban J connectivity index is 1.58. The number of halogens is 3. The molecule has 0 atom stereocenters. The van der Waals surface area contributed by atoms with Crippen molar-refractivity contribution >= 4 is 63.1 Å². The average molecular weight is 593 g/mol. The topological polar surface area (TPSA) is 106 Å². The minimum absolute atomic E-state index is 0.228. The Morgan fingerprint density at radius 3 is 2.39 bits per heavy atom. The van der Waals surface area contributed by atoms with Crippen molar-refractivity contribution in [3.05, 3.63) is 91.9 Å². The minimum Gasteiger partial charge on any atom is -0.494 e. The minimum atomic E-state index is -0.567. The first-order chi connectivity index (χ1) is 17.3. The lowest BCUT2D eigenvalue weighted by Crippen LogP contribution is -2.34. The van der Waals surface area contributed by atoms with Gasteiger partial charge in [0.1, 0.15) is 11.5 Å². The molecular weight excluding hydrogens is 573 g/mol. The van der Waals surface area contributed by atoms with Crippen LogP contribution in [0.3, 0.4) is 0 Å². The average Bonchev–Trinajstić information content (AvgIpc) is 2.86. The first-order valence-corrected chi connectivity index (χ1v) is 12.1. The molecule has 3 aromatic rings. The van der Waals surface area contributed by atoms with Gasteiger partial charge >= 0.3 is 5.97 Å². The van der Waals surface area contributed by atoms with Gasteiger partial charge in [-0.15, -0.1) is 0 Å². The van der Waals surface area contributed by atoms with Crippen LogP contribution in [0, 0.1) is 0 Å². The second-order valence-corrected chi connectivity index (χ2v) is 8.86. The van der Waals surface area contributed by atoms with Crippen LogP contribution in [-0.2, 0) is 4.79 Å². The molecule has 0 fully saturated rings. The highest BCUT2D eigenvalue weighted by atomic mass is 79.9. The molecule has 0 bridgehead atoms. The van der Waals surface area contributed by atoms with Gasteiger partial charge in [0.05, 0.1) is 35.0 Å². The van der Waals surface area contributed by atoms with Crippen molar-refractivity contribution in [1.82, 2.24) is 10.7 Å². The van der Waals surface area contributed by atoms with Crippen LogP contribution in [0.5, 0.6) is 11.5 Å². The number of rotatable bonds is 9. The van der Waals surface area contributed by atoms with Crippen LogP contribution in [0.4, 0.5) is 0 Å². The number of hydrogen-bond donors (Lipinski definition) is 2. The molecule has 36 heavy (non-hydrogen) atoms. The maximum atomic E-state index is 12.6. The van der Waals surface area contributed by atoms with Crippen LogP contribution in [0.2, 0.25) is 10.0 Å². The molecule has 11 heteroatoms. The van der Waals surface area contributed by atoms with Crippen LogP contribution < -0.4 is 20.2 Å². The molecule has 2 N–H and O–H groups in total. The van der Waals surface area contributed by atoms with E-state index in [0.29, 0.717) is 33.0 Å². The van der Waals surface area contributed by atoms with E-state index in [9.17, 15) is 14.4 Å². The zero-order chi connectivity index (χ0) is 26.1. The van der Waals surface area contributed by atoms with Crippen LogP contribution in [0.15, 0.2) is 70.2 Å². The lowest BCUT2D eigenvalue weighted by atomic mass is 10.2. The van der Waals surface area contributed by atoms with E-state index in [4.69, 9.17) is 32.7 Å². The Kier molecular flexibility index (Phi) is 9.86. The third-order valence-electron chi connectivity index (χ3n) is 4.56. The van der Waals surface area contributed by atoms with E-state index in [2.05, 4.69) is 31.8 Å². The molecule has 186 valence electrons. The fourth-order valence-electron chi connectivity index (χ4n) is 2.84. The molecule has 0 heterocycles. The van der Waals surface area contributed by atoms with Crippen LogP contribution in [-0.4, -0.2) is 37.1 Å². The number of esters is 1. The molecule has 8 nitrogen and oxygen atoms in total. The Hall–Kier alpha value is -3.40. The van der Waals surface area contributed by atoms with Gasteiger partial charge in [0.2, 0.25) is 0 Å². The normalized spacial score (nSPS) is 10.7. The number of hydrazone groups is 1. The standard InChI is InChI=1S/C25H20BrCl2N3O5/c1-2-35-19-7-3-15(4-8-19)25(34)36-22-10-6-18(26)11-17(22)13-30-31-23(32)14-29-24(33)16-5-9-20(27)21(28)12-16/h3-13H,2,14H2,1H3,(H,29,33)(H,31,32)/b30-13+. The summed E-state index contributed by atoms with van der Waals surface area (Å²) in [5.74, 6) is -0.743. The van der Waals surface area contributed by atoms with E-state index >= 15 is 0 Å². The third-order valence-corrected chi connectivity index (χ3v) is 5.79. The Labute approximate surface area is 225 Å². The van der Waals surface area contributed by atoms with E-state index in [-0.39, 0.29) is 22.9 Å². The predicted molar refractivity (Wildman–Crippen MR) is 141 cm³/mol. The zero-order valence-corrected chi connectivity index (χ0v) is 22.0. The highest BCUT2D eigenvalue weighted by Crippen LogP contribution is 2.24. The predicted octanol–water partition coefficient (Wildman–Crippen LogP) is 5.25. The van der Waals surface area contributed by atoms with Crippen LogP contribution in [0.25, 0.3) is 0 Å². The van der Waals surface area contributed by atoms with Gasteiger partial charge in [-0.25, -0.2) is 10.2 Å². The smallest absolute Gasteiger partial charge is 0.343 e. The summed E-state index contributed by atoms with van der Waals surface area (Å²) in [6.07, 6.45) is 1.32. The first kappa shape index (κ1) is 27.2. The molecule has 0 saturated carbocycles. The first-order valence-electron chi connectivity index (χ1n) is 10.6. The number of nitrogens with zero attached hydrogens (tertiary/aromatic N) is 1. The fourth-order valence-corrected chi connectivity index (χ4v) is 3.52. The SMILES string of the molecule is CCOc1ccc(C(=O)Oc2ccc(Br)cc2/C=N/NC(=O)CNC(=O)c2ccc(Cl)c(Cl)c2)cc1. The van der Waals surface area contributed by atoms with Gasteiger partial charge in [-0.2, -0.15) is 5.10 Å². The van der Waals surface area contributed by atoms with Crippen molar-refractivity contribution in [2.45, 2.75) is 6.92 Å². The Morgan fingerprint density at radius 1 is 0.972 bits per heavy atom. The Morgan fingerprint density at radius 2 is 1.69 bits per heavy atom. The lowest BCUT2D eigenvalue weighted by Gasteiger charge is -2.09. The summed E-state index contributed by atoms with van der Waals surface area (Å²) in [4.78, 5) is 36.8. The van der Waals surface area contributed by atoms with E-state index in [1.165, 1.54) is 24.4 Å². The van der Waals surface area contributed by atoms with E-state index in [1.807, 2.05) is 6.92 Å². The lowest BCUT2D eigenvalue weighted by molar-refractivity contribution is -0.120. The monoisotopic (exact) mass is 591 g/mol. The van der Waals surface area contributed by atoms with Crippen molar-refractivity contribution in [3.8, 4) is 11.5 Å². The molecule has 3 rings (SSSR count). The molecule has 0 unspecified atom stereocenters. The summed E-state index contributed by atoms with van der Waals surface area (Å²) in [5, 5.41) is 6.89. The van der Waals surface area contributed by atoms with Crippen molar-refractivity contribution in [3.63, 3.8) is 0 Å². The fraction of sp³-hybridized carbons (Fsp3) is 0.120.